The third-order valence-electron chi connectivity index (χ3n) is 3.30. The Morgan fingerprint density at radius 3 is 2.73 bits per heavy atom. The summed E-state index contributed by atoms with van der Waals surface area (Å²) < 4.78 is 5.10. The number of nitrogens with one attached hydrogen (secondary N) is 1. The molecule has 0 radical (unpaired) electrons. The molecule has 0 amide bonds. The normalized spacial score (nSPS) is 11.5. The van der Waals surface area contributed by atoms with E-state index in [1.807, 2.05) is 14.0 Å². The van der Waals surface area contributed by atoms with Crippen LogP contribution in [0.25, 0.3) is 0 Å². The van der Waals surface area contributed by atoms with E-state index in [1.165, 1.54) is 11.1 Å². The molecule has 1 heterocycles. The largest absolute Gasteiger partial charge is 0.357 e. The highest BCUT2D eigenvalue weighted by molar-refractivity contribution is 5.79. The average Bonchev–Trinajstić information content (AvgIpc) is 2.91. The van der Waals surface area contributed by atoms with Gasteiger partial charge in [0.15, 0.2) is 11.8 Å². The van der Waals surface area contributed by atoms with E-state index in [2.05, 4.69) is 56.5 Å². The molecule has 0 saturated heterocycles. The van der Waals surface area contributed by atoms with E-state index < -0.39 is 0 Å². The van der Waals surface area contributed by atoms with Crippen LogP contribution in [-0.4, -0.2) is 34.6 Å². The van der Waals surface area contributed by atoms with Gasteiger partial charge in [-0.3, -0.25) is 0 Å². The Bertz CT molecular complexity index is 635. The predicted molar refractivity (Wildman–Crippen MR) is 86.5 cm³/mol. The van der Waals surface area contributed by atoms with Crippen LogP contribution in [-0.2, 0) is 13.1 Å². The van der Waals surface area contributed by atoms with Crippen LogP contribution in [0.4, 0.5) is 0 Å². The Hall–Kier alpha value is -2.37. The molecule has 2 aromatic rings. The zero-order valence-corrected chi connectivity index (χ0v) is 13.6. The van der Waals surface area contributed by atoms with Crippen molar-refractivity contribution in [2.75, 3.05) is 13.6 Å². The highest BCUT2D eigenvalue weighted by Gasteiger charge is 2.09. The highest BCUT2D eigenvalue weighted by Crippen LogP contribution is 2.10. The van der Waals surface area contributed by atoms with Gasteiger partial charge in [-0.25, -0.2) is 4.99 Å². The van der Waals surface area contributed by atoms with Crippen LogP contribution in [0.2, 0.25) is 0 Å². The first-order valence-corrected chi connectivity index (χ1v) is 7.43. The summed E-state index contributed by atoms with van der Waals surface area (Å²) in [6, 6.07) is 8.36. The molecule has 0 aliphatic carbocycles. The lowest BCUT2D eigenvalue weighted by Gasteiger charge is -2.22. The Balaban J connectivity index is 2.07. The molecule has 22 heavy (non-hydrogen) atoms. The number of aliphatic imine (C=N–C) groups is 1. The van der Waals surface area contributed by atoms with Gasteiger partial charge < -0.3 is 14.7 Å². The molecule has 0 spiro atoms. The molecule has 1 aromatic carbocycles. The summed E-state index contributed by atoms with van der Waals surface area (Å²) in [6.45, 7) is 7.94. The summed E-state index contributed by atoms with van der Waals surface area (Å²) in [7, 11) is 2.02. The fraction of sp³-hybridized carbons (Fsp3) is 0.438. The number of hydrogen-bond acceptors (Lipinski definition) is 4. The number of aryl methyl sites for hydroxylation is 2. The van der Waals surface area contributed by atoms with Crippen LogP contribution in [0.3, 0.4) is 0 Å². The molecule has 1 N–H and O–H groups in total. The number of aromatic nitrogens is 2. The topological polar surface area (TPSA) is 66.5 Å². The van der Waals surface area contributed by atoms with Gasteiger partial charge in [0.05, 0.1) is 0 Å². The van der Waals surface area contributed by atoms with Crippen molar-refractivity contribution in [3.8, 4) is 0 Å². The lowest BCUT2D eigenvalue weighted by atomic mass is 10.1. The monoisotopic (exact) mass is 301 g/mol. The van der Waals surface area contributed by atoms with Crippen LogP contribution >= 0.6 is 0 Å². The van der Waals surface area contributed by atoms with Crippen LogP contribution in [0, 0.1) is 13.8 Å². The molecule has 0 bridgehead atoms. The molecule has 0 saturated carbocycles. The van der Waals surface area contributed by atoms with Gasteiger partial charge >= 0.3 is 0 Å². The molecule has 0 atom stereocenters. The fourth-order valence-corrected chi connectivity index (χ4v) is 2.13. The van der Waals surface area contributed by atoms with Gasteiger partial charge in [-0.15, -0.1) is 0 Å². The van der Waals surface area contributed by atoms with Crippen molar-refractivity contribution in [1.29, 1.82) is 0 Å². The first-order chi connectivity index (χ1) is 10.6. The molecule has 6 heteroatoms. The number of rotatable bonds is 5. The summed E-state index contributed by atoms with van der Waals surface area (Å²) in [5.41, 5.74) is 2.56. The third kappa shape index (κ3) is 4.31. The molecule has 118 valence electrons. The Labute approximate surface area is 131 Å². The number of nitrogens with zero attached hydrogens (tertiary/aromatic N) is 4. The van der Waals surface area contributed by atoms with Crippen molar-refractivity contribution in [3.05, 3.63) is 47.1 Å². The van der Waals surface area contributed by atoms with Crippen molar-refractivity contribution in [2.45, 2.75) is 33.9 Å². The predicted octanol–water partition coefficient (Wildman–Crippen LogP) is 2.28. The molecule has 0 fully saturated rings. The molecule has 6 nitrogen and oxygen atoms in total. The summed E-state index contributed by atoms with van der Waals surface area (Å²) in [5.74, 6) is 1.97. The Kier molecular flexibility index (Phi) is 5.52. The van der Waals surface area contributed by atoms with Crippen molar-refractivity contribution in [1.82, 2.24) is 20.4 Å². The van der Waals surface area contributed by atoms with E-state index in [9.17, 15) is 0 Å². The van der Waals surface area contributed by atoms with Crippen molar-refractivity contribution in [3.63, 3.8) is 0 Å². The first kappa shape index (κ1) is 16.0. The van der Waals surface area contributed by atoms with Crippen molar-refractivity contribution in [2.24, 2.45) is 4.99 Å². The summed E-state index contributed by atoms with van der Waals surface area (Å²) >= 11 is 0. The van der Waals surface area contributed by atoms with Gasteiger partial charge in [0.1, 0.15) is 6.54 Å². The van der Waals surface area contributed by atoms with Gasteiger partial charge in [-0.1, -0.05) is 29.4 Å². The van der Waals surface area contributed by atoms with Gasteiger partial charge in [0.2, 0.25) is 5.89 Å². The average molecular weight is 301 g/mol. The number of hydrogen-bond donors (Lipinski definition) is 1. The molecule has 2 rings (SSSR count). The van der Waals surface area contributed by atoms with Crippen LogP contribution < -0.4 is 5.32 Å². The standard InChI is InChI=1S/C16H23N5O/c1-5-17-16(18-10-15-19-13(3)20-22-15)21(4)11-14-9-7-6-8-12(14)2/h6-9H,5,10-11H2,1-4H3,(H,17,18). The maximum atomic E-state index is 5.10. The Morgan fingerprint density at radius 1 is 1.32 bits per heavy atom. The fourth-order valence-electron chi connectivity index (χ4n) is 2.13. The van der Waals surface area contributed by atoms with Crippen LogP contribution in [0.5, 0.6) is 0 Å². The highest BCUT2D eigenvalue weighted by atomic mass is 16.5. The second-order valence-electron chi connectivity index (χ2n) is 5.19. The smallest absolute Gasteiger partial charge is 0.248 e. The van der Waals surface area contributed by atoms with Crippen LogP contribution in [0.15, 0.2) is 33.8 Å². The van der Waals surface area contributed by atoms with Crippen molar-refractivity contribution >= 4 is 5.96 Å². The summed E-state index contributed by atoms with van der Waals surface area (Å²) in [5, 5.41) is 7.06. The quantitative estimate of drug-likeness (QED) is 0.678. The van der Waals surface area contributed by atoms with Gasteiger partial charge in [0.25, 0.3) is 0 Å². The molecular weight excluding hydrogens is 278 g/mol. The lowest BCUT2D eigenvalue weighted by Crippen LogP contribution is -2.38. The molecule has 0 unspecified atom stereocenters. The van der Waals surface area contributed by atoms with E-state index in [1.54, 1.807) is 6.92 Å². The second kappa shape index (κ2) is 7.59. The lowest BCUT2D eigenvalue weighted by molar-refractivity contribution is 0.375. The molecule has 1 aromatic heterocycles. The van der Waals surface area contributed by atoms with Crippen molar-refractivity contribution < 1.29 is 4.52 Å². The SMILES string of the molecule is CCNC(=NCc1nc(C)no1)N(C)Cc1ccccc1C. The third-order valence-corrected chi connectivity index (χ3v) is 3.30. The Morgan fingerprint density at radius 2 is 2.09 bits per heavy atom. The molecule has 0 aliphatic rings. The zero-order chi connectivity index (χ0) is 15.9. The van der Waals surface area contributed by atoms with E-state index in [-0.39, 0.29) is 0 Å². The number of benzene rings is 1. The van der Waals surface area contributed by atoms with E-state index in [0.717, 1.165) is 19.0 Å². The van der Waals surface area contributed by atoms with E-state index >= 15 is 0 Å². The minimum absolute atomic E-state index is 0.376. The van der Waals surface area contributed by atoms with Gasteiger partial charge in [0, 0.05) is 20.1 Å². The first-order valence-electron chi connectivity index (χ1n) is 7.43. The van der Waals surface area contributed by atoms with Gasteiger partial charge in [-0.05, 0) is 31.9 Å². The second-order valence-corrected chi connectivity index (χ2v) is 5.19. The zero-order valence-electron chi connectivity index (χ0n) is 13.6. The minimum atomic E-state index is 0.376. The maximum Gasteiger partial charge on any atom is 0.248 e. The minimum Gasteiger partial charge on any atom is -0.357 e. The van der Waals surface area contributed by atoms with Gasteiger partial charge in [-0.2, -0.15) is 4.98 Å². The summed E-state index contributed by atoms with van der Waals surface area (Å²) in [4.78, 5) is 10.8. The van der Waals surface area contributed by atoms with E-state index in [4.69, 9.17) is 4.52 Å². The van der Waals surface area contributed by atoms with E-state index in [0.29, 0.717) is 18.3 Å². The maximum absolute atomic E-state index is 5.10. The van der Waals surface area contributed by atoms with Crippen LogP contribution in [0.1, 0.15) is 29.8 Å². The molecule has 0 aliphatic heterocycles. The summed E-state index contributed by atoms with van der Waals surface area (Å²) in [6.07, 6.45) is 0. The number of guanidine groups is 1. The molecular formula is C16H23N5O.